The molecule has 0 amide bonds. The van der Waals surface area contributed by atoms with Crippen LogP contribution in [-0.4, -0.2) is 23.4 Å². The molecule has 0 saturated heterocycles. The Kier molecular flexibility index (Phi) is 3.04. The molecule has 0 aliphatic heterocycles. The molecule has 1 saturated carbocycles. The molecule has 0 aromatic carbocycles. The van der Waals surface area contributed by atoms with E-state index in [1.807, 2.05) is 12.1 Å². The highest BCUT2D eigenvalue weighted by Crippen LogP contribution is 2.32. The molecule has 3 nitrogen and oxygen atoms in total. The van der Waals surface area contributed by atoms with Gasteiger partial charge < -0.3 is 4.90 Å². The molecule has 0 spiro atoms. The van der Waals surface area contributed by atoms with Crippen molar-refractivity contribution in [1.29, 1.82) is 0 Å². The molecule has 3 heteroatoms. The molecule has 84 valence electrons. The monoisotopic (exact) mass is 216 g/mol. The maximum Gasteiger partial charge on any atom is 0.163 e. The molecule has 0 atom stereocenters. The first kappa shape index (κ1) is 10.9. The molecule has 0 N–H and O–H groups in total. The van der Waals surface area contributed by atoms with E-state index < -0.39 is 0 Å². The third-order valence-electron chi connectivity index (χ3n) is 2.75. The van der Waals surface area contributed by atoms with Crippen LogP contribution in [0, 0.1) is 0 Å². The van der Waals surface area contributed by atoms with Gasteiger partial charge in [-0.25, -0.2) is 4.98 Å². The number of aromatic nitrogens is 1. The van der Waals surface area contributed by atoms with Crippen molar-refractivity contribution >= 4 is 11.6 Å². The van der Waals surface area contributed by atoms with Crippen LogP contribution in [0.1, 0.15) is 30.1 Å². The molecule has 2 rings (SSSR count). The number of ketones is 1. The number of hydrogen-bond donors (Lipinski definition) is 0. The van der Waals surface area contributed by atoms with Gasteiger partial charge in [0, 0.05) is 18.8 Å². The van der Waals surface area contributed by atoms with E-state index in [1.54, 1.807) is 19.2 Å². The molecule has 1 heterocycles. The number of rotatable bonds is 5. The maximum atomic E-state index is 11.5. The average molecular weight is 216 g/mol. The van der Waals surface area contributed by atoms with Crippen LogP contribution >= 0.6 is 0 Å². The normalized spacial score (nSPS) is 14.6. The smallest absolute Gasteiger partial charge is 0.163 e. The summed E-state index contributed by atoms with van der Waals surface area (Å²) in [6.07, 6.45) is 5.96. The van der Waals surface area contributed by atoms with Crippen molar-refractivity contribution in [3.8, 4) is 0 Å². The predicted molar refractivity (Wildman–Crippen MR) is 64.8 cm³/mol. The summed E-state index contributed by atoms with van der Waals surface area (Å²) in [5, 5.41) is 0. The molecular formula is C13H16N2O. The van der Waals surface area contributed by atoms with Crippen molar-refractivity contribution in [2.24, 2.45) is 0 Å². The van der Waals surface area contributed by atoms with Gasteiger partial charge in [-0.1, -0.05) is 6.08 Å². The number of pyridine rings is 1. The van der Waals surface area contributed by atoms with Gasteiger partial charge in [0.1, 0.15) is 5.82 Å². The van der Waals surface area contributed by atoms with E-state index in [9.17, 15) is 4.79 Å². The molecule has 1 aromatic rings. The van der Waals surface area contributed by atoms with Crippen LogP contribution in [0.15, 0.2) is 31.0 Å². The first-order valence-electron chi connectivity index (χ1n) is 5.57. The van der Waals surface area contributed by atoms with Gasteiger partial charge in [0.2, 0.25) is 0 Å². The van der Waals surface area contributed by atoms with Gasteiger partial charge in [-0.15, -0.1) is 6.58 Å². The summed E-state index contributed by atoms with van der Waals surface area (Å²) in [5.74, 6) is 0.871. The fourth-order valence-corrected chi connectivity index (χ4v) is 1.83. The Balaban J connectivity index is 2.35. The van der Waals surface area contributed by atoms with E-state index in [4.69, 9.17) is 0 Å². The molecular weight excluding hydrogens is 200 g/mol. The minimum absolute atomic E-state index is 0.0674. The molecule has 16 heavy (non-hydrogen) atoms. The second-order valence-electron chi connectivity index (χ2n) is 4.10. The van der Waals surface area contributed by atoms with E-state index in [0.717, 1.165) is 12.4 Å². The predicted octanol–water partition coefficient (Wildman–Crippen LogP) is 2.44. The van der Waals surface area contributed by atoms with Gasteiger partial charge in [0.05, 0.1) is 5.56 Å². The van der Waals surface area contributed by atoms with Crippen LogP contribution in [0.3, 0.4) is 0 Å². The third kappa shape index (κ3) is 2.13. The summed E-state index contributed by atoms with van der Waals surface area (Å²) in [4.78, 5) is 18.0. The maximum absolute atomic E-state index is 11.5. The molecule has 1 aliphatic carbocycles. The molecule has 1 aromatic heterocycles. The third-order valence-corrected chi connectivity index (χ3v) is 2.75. The Morgan fingerprint density at radius 1 is 1.69 bits per heavy atom. The van der Waals surface area contributed by atoms with E-state index in [0.29, 0.717) is 11.6 Å². The summed E-state index contributed by atoms with van der Waals surface area (Å²) in [7, 11) is 0. The van der Waals surface area contributed by atoms with Crippen molar-refractivity contribution in [3.05, 3.63) is 36.5 Å². The van der Waals surface area contributed by atoms with Crippen molar-refractivity contribution in [2.75, 3.05) is 11.4 Å². The standard InChI is InChI=1S/C13H16N2O/c1-3-9-15(11-6-7-11)13-12(10(2)16)5-4-8-14-13/h3-5,8,11H,1,6-7,9H2,2H3. The zero-order chi connectivity index (χ0) is 11.5. The zero-order valence-corrected chi connectivity index (χ0v) is 9.52. The zero-order valence-electron chi connectivity index (χ0n) is 9.52. The number of carbonyl (C=O) groups excluding carboxylic acids is 1. The molecule has 0 radical (unpaired) electrons. The lowest BCUT2D eigenvalue weighted by molar-refractivity contribution is 0.101. The largest absolute Gasteiger partial charge is 0.349 e. The first-order chi connectivity index (χ1) is 7.74. The van der Waals surface area contributed by atoms with Crippen molar-refractivity contribution in [1.82, 2.24) is 4.98 Å². The highest BCUT2D eigenvalue weighted by Gasteiger charge is 2.30. The van der Waals surface area contributed by atoms with E-state index in [1.165, 1.54) is 12.8 Å². The average Bonchev–Trinajstić information content (AvgIpc) is 3.10. The van der Waals surface area contributed by atoms with Gasteiger partial charge in [-0.05, 0) is 31.9 Å². The van der Waals surface area contributed by atoms with Crippen molar-refractivity contribution in [2.45, 2.75) is 25.8 Å². The second kappa shape index (κ2) is 4.47. The van der Waals surface area contributed by atoms with Crippen LogP contribution < -0.4 is 4.90 Å². The van der Waals surface area contributed by atoms with Gasteiger partial charge >= 0.3 is 0 Å². The van der Waals surface area contributed by atoms with E-state index in [-0.39, 0.29) is 5.78 Å². The Bertz CT molecular complexity index is 410. The number of anilines is 1. The molecule has 0 unspecified atom stereocenters. The lowest BCUT2D eigenvalue weighted by Gasteiger charge is -2.23. The van der Waals surface area contributed by atoms with E-state index >= 15 is 0 Å². The summed E-state index contributed by atoms with van der Waals surface area (Å²) >= 11 is 0. The summed E-state index contributed by atoms with van der Waals surface area (Å²) in [6, 6.07) is 4.17. The van der Waals surface area contributed by atoms with Crippen LogP contribution in [0.25, 0.3) is 0 Å². The fourth-order valence-electron chi connectivity index (χ4n) is 1.83. The topological polar surface area (TPSA) is 33.2 Å². The first-order valence-corrected chi connectivity index (χ1v) is 5.57. The minimum Gasteiger partial charge on any atom is -0.349 e. The Morgan fingerprint density at radius 3 is 3.00 bits per heavy atom. The van der Waals surface area contributed by atoms with Gasteiger partial charge in [0.15, 0.2) is 5.78 Å². The number of carbonyl (C=O) groups is 1. The Hall–Kier alpha value is -1.64. The summed E-state index contributed by atoms with van der Waals surface area (Å²) < 4.78 is 0. The van der Waals surface area contributed by atoms with Gasteiger partial charge in [-0.3, -0.25) is 4.79 Å². The fraction of sp³-hybridized carbons (Fsp3) is 0.385. The van der Waals surface area contributed by atoms with Crippen molar-refractivity contribution in [3.63, 3.8) is 0 Å². The minimum atomic E-state index is 0.0674. The molecule has 1 fully saturated rings. The SMILES string of the molecule is C=CCN(c1ncccc1C(C)=O)C1CC1. The molecule has 0 bridgehead atoms. The highest BCUT2D eigenvalue weighted by molar-refractivity contribution is 5.98. The van der Waals surface area contributed by atoms with Gasteiger partial charge in [-0.2, -0.15) is 0 Å². The van der Waals surface area contributed by atoms with E-state index in [2.05, 4.69) is 16.5 Å². The quantitative estimate of drug-likeness (QED) is 0.560. The number of nitrogens with zero attached hydrogens (tertiary/aromatic N) is 2. The van der Waals surface area contributed by atoms with Crippen LogP contribution in [0.5, 0.6) is 0 Å². The second-order valence-corrected chi connectivity index (χ2v) is 4.10. The Morgan fingerprint density at radius 2 is 2.44 bits per heavy atom. The van der Waals surface area contributed by atoms with Crippen molar-refractivity contribution < 1.29 is 4.79 Å². The molecule has 1 aliphatic rings. The number of hydrogen-bond acceptors (Lipinski definition) is 3. The number of Topliss-reactive ketones (excluding diaryl/α,β-unsaturated/α-hetero) is 1. The Labute approximate surface area is 95.8 Å². The summed E-state index contributed by atoms with van der Waals surface area (Å²) in [6.45, 7) is 6.09. The lowest BCUT2D eigenvalue weighted by atomic mass is 10.1. The lowest BCUT2D eigenvalue weighted by Crippen LogP contribution is -2.28. The van der Waals surface area contributed by atoms with Crippen LogP contribution in [0.4, 0.5) is 5.82 Å². The van der Waals surface area contributed by atoms with Crippen LogP contribution in [0.2, 0.25) is 0 Å². The highest BCUT2D eigenvalue weighted by atomic mass is 16.1. The van der Waals surface area contributed by atoms with Crippen LogP contribution in [-0.2, 0) is 0 Å². The van der Waals surface area contributed by atoms with Gasteiger partial charge in [0.25, 0.3) is 0 Å². The summed E-state index contributed by atoms with van der Waals surface area (Å²) in [5.41, 5.74) is 0.705.